The van der Waals surface area contributed by atoms with Gasteiger partial charge in [0.2, 0.25) is 11.8 Å². The summed E-state index contributed by atoms with van der Waals surface area (Å²) in [5.74, 6) is 0.683. The molecule has 0 aliphatic carbocycles. The van der Waals surface area contributed by atoms with Crippen LogP contribution in [0.3, 0.4) is 0 Å². The number of rotatable bonds is 5. The Morgan fingerprint density at radius 1 is 1.03 bits per heavy atom. The number of amides is 2. The summed E-state index contributed by atoms with van der Waals surface area (Å²) >= 11 is 12.7. The van der Waals surface area contributed by atoms with Crippen molar-refractivity contribution in [1.29, 1.82) is 0 Å². The first-order valence-corrected chi connectivity index (χ1v) is 13.9. The average molecular weight is 546 g/mol. The van der Waals surface area contributed by atoms with Gasteiger partial charge >= 0.3 is 0 Å². The maximum Gasteiger partial charge on any atom is 0.223 e. The van der Waals surface area contributed by atoms with E-state index in [1.807, 2.05) is 47.5 Å². The molecule has 0 N–H and O–H groups in total. The Kier molecular flexibility index (Phi) is 8.82. The van der Waals surface area contributed by atoms with Gasteiger partial charge in [0.05, 0.1) is 21.8 Å². The Hall–Kier alpha value is -2.15. The lowest BCUT2D eigenvalue weighted by molar-refractivity contribution is -0.141. The predicted octanol–water partition coefficient (Wildman–Crippen LogP) is 5.69. The van der Waals surface area contributed by atoms with Gasteiger partial charge in [-0.3, -0.25) is 19.5 Å². The van der Waals surface area contributed by atoms with Gasteiger partial charge in [-0.05, 0) is 54.0 Å². The van der Waals surface area contributed by atoms with Gasteiger partial charge in [-0.15, -0.1) is 0 Å². The van der Waals surface area contributed by atoms with Crippen LogP contribution in [0.4, 0.5) is 0 Å². The monoisotopic (exact) mass is 544 g/mol. The van der Waals surface area contributed by atoms with Gasteiger partial charge < -0.3 is 9.80 Å². The Morgan fingerprint density at radius 2 is 1.76 bits per heavy atom. The number of hydrogen-bond donors (Lipinski definition) is 0. The van der Waals surface area contributed by atoms with Crippen LogP contribution in [0.2, 0.25) is 10.0 Å². The van der Waals surface area contributed by atoms with Gasteiger partial charge in [0.15, 0.2) is 0 Å². The number of pyridine rings is 1. The molecule has 3 heterocycles. The zero-order chi connectivity index (χ0) is 26.7. The second kappa shape index (κ2) is 11.7. The van der Waals surface area contributed by atoms with Gasteiger partial charge in [0, 0.05) is 58.3 Å². The van der Waals surface area contributed by atoms with Crippen molar-refractivity contribution in [2.45, 2.75) is 59.0 Å². The largest absolute Gasteiger partial charge is 0.343 e. The Morgan fingerprint density at radius 3 is 2.35 bits per heavy atom. The predicted molar refractivity (Wildman–Crippen MR) is 149 cm³/mol. The highest BCUT2D eigenvalue weighted by molar-refractivity contribution is 6.42. The summed E-state index contributed by atoms with van der Waals surface area (Å²) in [5, 5.41) is 1.06. The van der Waals surface area contributed by atoms with Gasteiger partial charge in [0.1, 0.15) is 0 Å². The van der Waals surface area contributed by atoms with Crippen LogP contribution in [0.5, 0.6) is 0 Å². The van der Waals surface area contributed by atoms with E-state index in [1.54, 1.807) is 6.92 Å². The normalized spacial score (nSPS) is 20.6. The fourth-order valence-corrected chi connectivity index (χ4v) is 5.99. The number of aromatic nitrogens is 1. The van der Waals surface area contributed by atoms with E-state index in [4.69, 9.17) is 28.2 Å². The molecule has 2 aliphatic rings. The zero-order valence-corrected chi connectivity index (χ0v) is 23.8. The van der Waals surface area contributed by atoms with Crippen LogP contribution in [0.25, 0.3) is 0 Å². The topological polar surface area (TPSA) is 56.8 Å². The zero-order valence-electron chi connectivity index (χ0n) is 22.3. The maximum absolute atomic E-state index is 13.6. The van der Waals surface area contributed by atoms with E-state index in [9.17, 15) is 9.59 Å². The molecular weight excluding hydrogens is 507 g/mol. The number of nitrogens with zero attached hydrogens (tertiary/aromatic N) is 4. The highest BCUT2D eigenvalue weighted by Gasteiger charge is 2.41. The van der Waals surface area contributed by atoms with Gasteiger partial charge in [-0.1, -0.05) is 56.1 Å². The van der Waals surface area contributed by atoms with E-state index < -0.39 is 0 Å². The number of hydrogen-bond acceptors (Lipinski definition) is 4. The first kappa shape index (κ1) is 27.9. The number of carbonyl (C=O) groups excluding carboxylic acids is 2. The number of piperazine rings is 1. The summed E-state index contributed by atoms with van der Waals surface area (Å²) in [4.78, 5) is 36.4. The SMILES string of the molecule is CC(=O)N1CCC(CC(=O)N2CCN(C(c3ccc(Cl)c(Cl)c3)c3ccccn3)CC2C(C)(C)C)CC1. The molecule has 1 aromatic carbocycles. The van der Waals surface area contributed by atoms with Crippen LogP contribution < -0.4 is 0 Å². The fraction of sp³-hybridized carbons (Fsp3) is 0.552. The van der Waals surface area contributed by atoms with Crippen LogP contribution in [-0.2, 0) is 9.59 Å². The van der Waals surface area contributed by atoms with Crippen molar-refractivity contribution in [2.24, 2.45) is 11.3 Å². The quantitative estimate of drug-likeness (QED) is 0.485. The molecule has 2 aromatic rings. The highest BCUT2D eigenvalue weighted by Crippen LogP contribution is 2.37. The van der Waals surface area contributed by atoms with Crippen molar-refractivity contribution in [3.8, 4) is 0 Å². The summed E-state index contributed by atoms with van der Waals surface area (Å²) in [6.07, 6.45) is 4.15. The van der Waals surface area contributed by atoms with E-state index in [0.717, 1.165) is 50.3 Å². The summed E-state index contributed by atoms with van der Waals surface area (Å²) < 4.78 is 0. The van der Waals surface area contributed by atoms with Crippen molar-refractivity contribution in [3.05, 3.63) is 63.9 Å². The van der Waals surface area contributed by atoms with Crippen LogP contribution in [-0.4, -0.2) is 70.3 Å². The lowest BCUT2D eigenvalue weighted by atomic mass is 9.82. The highest BCUT2D eigenvalue weighted by atomic mass is 35.5. The molecule has 2 atom stereocenters. The molecule has 4 rings (SSSR count). The third-order valence-electron chi connectivity index (χ3n) is 7.85. The van der Waals surface area contributed by atoms with Crippen molar-refractivity contribution in [2.75, 3.05) is 32.7 Å². The summed E-state index contributed by atoms with van der Waals surface area (Å²) in [6.45, 7) is 11.9. The average Bonchev–Trinajstić information content (AvgIpc) is 2.86. The Bertz CT molecular complexity index is 1100. The number of carbonyl (C=O) groups is 2. The second-order valence-corrected chi connectivity index (χ2v) is 12.3. The minimum atomic E-state index is -0.0986. The molecule has 2 unspecified atom stereocenters. The molecule has 0 saturated carbocycles. The summed E-state index contributed by atoms with van der Waals surface area (Å²) in [5.41, 5.74) is 1.89. The van der Waals surface area contributed by atoms with Crippen molar-refractivity contribution in [1.82, 2.24) is 19.7 Å². The molecule has 2 fully saturated rings. The van der Waals surface area contributed by atoms with Gasteiger partial charge in [-0.25, -0.2) is 0 Å². The molecule has 2 saturated heterocycles. The molecule has 200 valence electrons. The molecule has 37 heavy (non-hydrogen) atoms. The third kappa shape index (κ3) is 6.65. The van der Waals surface area contributed by atoms with E-state index in [1.165, 1.54) is 0 Å². The maximum atomic E-state index is 13.6. The first-order chi connectivity index (χ1) is 17.5. The number of likely N-dealkylation sites (tertiary alicyclic amines) is 1. The molecule has 0 spiro atoms. The summed E-state index contributed by atoms with van der Waals surface area (Å²) in [6, 6.07) is 11.7. The Balaban J connectivity index is 1.54. The van der Waals surface area contributed by atoms with Gasteiger partial charge in [-0.2, -0.15) is 0 Å². The second-order valence-electron chi connectivity index (χ2n) is 11.4. The molecule has 2 amide bonds. The van der Waals surface area contributed by atoms with Crippen LogP contribution in [0.15, 0.2) is 42.6 Å². The molecule has 2 aliphatic heterocycles. The van der Waals surface area contributed by atoms with Crippen LogP contribution >= 0.6 is 23.2 Å². The number of piperidine rings is 1. The minimum Gasteiger partial charge on any atom is -0.343 e. The third-order valence-corrected chi connectivity index (χ3v) is 8.59. The molecule has 8 heteroatoms. The lowest BCUT2D eigenvalue weighted by Gasteiger charge is -2.49. The van der Waals surface area contributed by atoms with Crippen LogP contribution in [0, 0.1) is 11.3 Å². The smallest absolute Gasteiger partial charge is 0.223 e. The molecule has 1 aromatic heterocycles. The van der Waals surface area contributed by atoms with Crippen LogP contribution in [0.1, 0.15) is 64.3 Å². The van der Waals surface area contributed by atoms with E-state index in [-0.39, 0.29) is 29.3 Å². The minimum absolute atomic E-state index is 0.0556. The Labute approximate surface area is 230 Å². The van der Waals surface area contributed by atoms with Crippen molar-refractivity contribution < 1.29 is 9.59 Å². The molecule has 0 radical (unpaired) electrons. The molecule has 0 bridgehead atoms. The first-order valence-electron chi connectivity index (χ1n) is 13.2. The lowest BCUT2D eigenvalue weighted by Crippen LogP contribution is -2.60. The molecule has 6 nitrogen and oxygen atoms in total. The van der Waals surface area contributed by atoms with Crippen molar-refractivity contribution in [3.63, 3.8) is 0 Å². The fourth-order valence-electron chi connectivity index (χ4n) is 5.68. The van der Waals surface area contributed by atoms with Crippen molar-refractivity contribution >= 4 is 35.0 Å². The summed E-state index contributed by atoms with van der Waals surface area (Å²) in [7, 11) is 0. The number of benzene rings is 1. The van der Waals surface area contributed by atoms with E-state index >= 15 is 0 Å². The molecular formula is C29H38Cl2N4O2. The van der Waals surface area contributed by atoms with E-state index in [2.05, 4.69) is 30.6 Å². The standard InChI is InChI=1S/C29H38Cl2N4O2/c1-20(36)33-13-10-21(11-14-33)17-27(37)35-16-15-34(19-26(35)29(2,3)4)28(25-7-5-6-12-32-25)22-8-9-23(30)24(31)18-22/h5-9,12,18,21,26,28H,10-11,13-17,19H2,1-4H3. The van der Waals surface area contributed by atoms with E-state index in [0.29, 0.717) is 28.9 Å². The number of halogens is 2. The van der Waals surface area contributed by atoms with Gasteiger partial charge in [0.25, 0.3) is 0 Å².